The van der Waals surface area contributed by atoms with E-state index in [2.05, 4.69) is 30.8 Å². The number of nitro benzene ring substituents is 1. The Morgan fingerprint density at radius 2 is 1.43 bits per heavy atom. The van der Waals surface area contributed by atoms with Crippen molar-refractivity contribution in [2.24, 2.45) is 9.98 Å². The van der Waals surface area contributed by atoms with Crippen molar-refractivity contribution in [1.29, 1.82) is 0 Å². The van der Waals surface area contributed by atoms with Gasteiger partial charge in [0, 0.05) is 41.3 Å². The molecule has 0 aliphatic carbocycles. The van der Waals surface area contributed by atoms with E-state index in [1.165, 1.54) is 30.5 Å². The van der Waals surface area contributed by atoms with Crippen molar-refractivity contribution in [3.63, 3.8) is 0 Å². The number of benzene rings is 3. The van der Waals surface area contributed by atoms with Crippen molar-refractivity contribution in [1.82, 2.24) is 0 Å². The van der Waals surface area contributed by atoms with Crippen LogP contribution in [0, 0.1) is 10.1 Å². The van der Waals surface area contributed by atoms with Crippen molar-refractivity contribution in [3.05, 3.63) is 87.0 Å². The zero-order valence-electron chi connectivity index (χ0n) is 20.9. The molecule has 0 radical (unpaired) electrons. The summed E-state index contributed by atoms with van der Waals surface area (Å²) in [7, 11) is 0. The molecule has 0 unspecified atom stereocenters. The summed E-state index contributed by atoms with van der Waals surface area (Å²) in [5, 5.41) is 32.4. The van der Waals surface area contributed by atoms with Crippen LogP contribution in [0.2, 0.25) is 0 Å². The molecule has 0 aliphatic heterocycles. The largest absolute Gasteiger partial charge is 0.507 e. The summed E-state index contributed by atoms with van der Waals surface area (Å²) in [6, 6.07) is 14.8. The van der Waals surface area contributed by atoms with Gasteiger partial charge in [-0.15, -0.1) is 0 Å². The fourth-order valence-corrected chi connectivity index (χ4v) is 3.47. The first-order valence-corrected chi connectivity index (χ1v) is 11.3. The van der Waals surface area contributed by atoms with Crippen LogP contribution in [-0.4, -0.2) is 27.6 Å². The molecule has 3 rings (SSSR count). The van der Waals surface area contributed by atoms with Crippen LogP contribution in [0.1, 0.15) is 63.8 Å². The molecule has 0 saturated carbocycles. The Labute approximate surface area is 205 Å². The average molecular weight is 474 g/mol. The molecular weight excluding hydrogens is 442 g/mol. The minimum Gasteiger partial charge on any atom is -0.507 e. The molecule has 3 aromatic carbocycles. The van der Waals surface area contributed by atoms with Crippen LogP contribution in [-0.2, 0) is 10.8 Å². The van der Waals surface area contributed by atoms with E-state index < -0.39 is 4.92 Å². The molecule has 0 bridgehead atoms. The van der Waals surface area contributed by atoms with Crippen molar-refractivity contribution in [2.45, 2.75) is 52.4 Å². The van der Waals surface area contributed by atoms with E-state index in [1.54, 1.807) is 24.4 Å². The highest BCUT2D eigenvalue weighted by Crippen LogP contribution is 2.38. The maximum atomic E-state index is 11.3. The Kier molecular flexibility index (Phi) is 7.10. The second-order valence-electron chi connectivity index (χ2n) is 10.5. The number of hydrogen-bond acceptors (Lipinski definition) is 6. The van der Waals surface area contributed by atoms with Crippen LogP contribution in [0.5, 0.6) is 11.5 Å². The Morgan fingerprint density at radius 1 is 0.800 bits per heavy atom. The highest BCUT2D eigenvalue weighted by Gasteiger charge is 2.24. The molecule has 0 fully saturated rings. The molecule has 0 aliphatic rings. The number of aliphatic imine (C=N–C) groups is 2. The number of rotatable bonds is 5. The molecular formula is C28H31N3O4. The van der Waals surface area contributed by atoms with Crippen LogP contribution in [0.25, 0.3) is 0 Å². The Bertz CT molecular complexity index is 1310. The lowest BCUT2D eigenvalue weighted by atomic mass is 9.79. The average Bonchev–Trinajstić information content (AvgIpc) is 2.76. The summed E-state index contributed by atoms with van der Waals surface area (Å²) in [6.07, 6.45) is 2.99. The van der Waals surface area contributed by atoms with Gasteiger partial charge < -0.3 is 10.2 Å². The van der Waals surface area contributed by atoms with Gasteiger partial charge in [-0.2, -0.15) is 0 Å². The van der Waals surface area contributed by atoms with E-state index in [0.29, 0.717) is 16.8 Å². The van der Waals surface area contributed by atoms with Crippen molar-refractivity contribution in [3.8, 4) is 11.5 Å². The molecule has 0 heterocycles. The van der Waals surface area contributed by atoms with E-state index in [4.69, 9.17) is 0 Å². The highest BCUT2D eigenvalue weighted by atomic mass is 16.6. The maximum absolute atomic E-state index is 11.3. The minimum absolute atomic E-state index is 0.0466. The third-order valence-corrected chi connectivity index (χ3v) is 5.61. The number of nitro groups is 1. The SMILES string of the molecule is CC(C)(C)c1cc(C=Nc2ccc([N+](=O)[O-])cc2N=Cc2ccccc2O)c(O)c(C(C)(C)C)c1. The predicted octanol–water partition coefficient (Wildman–Crippen LogP) is 7.10. The number of nitrogens with zero attached hydrogens (tertiary/aromatic N) is 3. The molecule has 2 N–H and O–H groups in total. The third kappa shape index (κ3) is 6.12. The van der Waals surface area contributed by atoms with Crippen LogP contribution in [0.15, 0.2) is 64.6 Å². The molecule has 7 nitrogen and oxygen atoms in total. The van der Waals surface area contributed by atoms with E-state index in [-0.39, 0.29) is 33.7 Å². The second-order valence-corrected chi connectivity index (χ2v) is 10.5. The predicted molar refractivity (Wildman–Crippen MR) is 141 cm³/mol. The lowest BCUT2D eigenvalue weighted by Crippen LogP contribution is -2.17. The zero-order chi connectivity index (χ0) is 26.0. The van der Waals surface area contributed by atoms with Gasteiger partial charge in [-0.25, -0.2) is 0 Å². The number of phenols is 2. The van der Waals surface area contributed by atoms with Gasteiger partial charge in [0.25, 0.3) is 5.69 Å². The number of phenolic OH excluding ortho intramolecular Hbond substituents is 2. The van der Waals surface area contributed by atoms with E-state index in [0.717, 1.165) is 11.1 Å². The lowest BCUT2D eigenvalue weighted by molar-refractivity contribution is -0.384. The Morgan fingerprint density at radius 3 is 2.03 bits per heavy atom. The Hall–Kier alpha value is -4.00. The van der Waals surface area contributed by atoms with Gasteiger partial charge in [-0.05, 0) is 40.7 Å². The standard InChI is InChI=1S/C28H31N3O4/c1-27(2,3)20-13-19(26(33)22(14-20)28(4,5)6)17-29-23-12-11-21(31(34)35)15-24(23)30-16-18-9-7-8-10-25(18)32/h7-17,32-33H,1-6H3. The molecule has 0 saturated heterocycles. The first-order chi connectivity index (χ1) is 16.3. The number of hydrogen-bond donors (Lipinski definition) is 2. The minimum atomic E-state index is -0.499. The van der Waals surface area contributed by atoms with Crippen LogP contribution >= 0.6 is 0 Å². The molecule has 0 amide bonds. The normalized spacial score (nSPS) is 12.5. The summed E-state index contributed by atoms with van der Waals surface area (Å²) in [6.45, 7) is 12.4. The Balaban J connectivity index is 2.11. The molecule has 0 atom stereocenters. The summed E-state index contributed by atoms with van der Waals surface area (Å²) in [5.74, 6) is 0.195. The molecule has 0 aromatic heterocycles. The van der Waals surface area contributed by atoms with Gasteiger partial charge >= 0.3 is 0 Å². The van der Waals surface area contributed by atoms with Gasteiger partial charge in [0.1, 0.15) is 11.5 Å². The summed E-state index contributed by atoms with van der Waals surface area (Å²) >= 11 is 0. The topological polar surface area (TPSA) is 108 Å². The molecule has 3 aromatic rings. The molecule has 35 heavy (non-hydrogen) atoms. The highest BCUT2D eigenvalue weighted by molar-refractivity contribution is 5.90. The summed E-state index contributed by atoms with van der Waals surface area (Å²) in [4.78, 5) is 19.7. The van der Waals surface area contributed by atoms with Crippen molar-refractivity contribution >= 4 is 29.5 Å². The van der Waals surface area contributed by atoms with E-state index in [1.807, 2.05) is 32.9 Å². The summed E-state index contributed by atoms with van der Waals surface area (Å²) < 4.78 is 0. The van der Waals surface area contributed by atoms with Crippen LogP contribution in [0.3, 0.4) is 0 Å². The van der Waals surface area contributed by atoms with Gasteiger partial charge in [-0.1, -0.05) is 59.7 Å². The van der Waals surface area contributed by atoms with Crippen molar-refractivity contribution < 1.29 is 15.1 Å². The van der Waals surface area contributed by atoms with Gasteiger partial charge in [0.2, 0.25) is 0 Å². The molecule has 182 valence electrons. The third-order valence-electron chi connectivity index (χ3n) is 5.61. The first kappa shape index (κ1) is 25.6. The smallest absolute Gasteiger partial charge is 0.271 e. The fourth-order valence-electron chi connectivity index (χ4n) is 3.47. The number of aromatic hydroxyl groups is 2. The quantitative estimate of drug-likeness (QED) is 0.234. The van der Waals surface area contributed by atoms with Crippen LogP contribution < -0.4 is 0 Å². The number of para-hydroxylation sites is 1. The van der Waals surface area contributed by atoms with E-state index in [9.17, 15) is 20.3 Å². The molecule has 7 heteroatoms. The molecule has 0 spiro atoms. The fraction of sp³-hybridized carbons (Fsp3) is 0.286. The van der Waals surface area contributed by atoms with E-state index >= 15 is 0 Å². The monoisotopic (exact) mass is 473 g/mol. The van der Waals surface area contributed by atoms with Gasteiger partial charge in [0.15, 0.2) is 0 Å². The summed E-state index contributed by atoms with van der Waals surface area (Å²) in [5.41, 5.74) is 3.00. The lowest BCUT2D eigenvalue weighted by Gasteiger charge is -2.27. The first-order valence-electron chi connectivity index (χ1n) is 11.3. The maximum Gasteiger partial charge on any atom is 0.271 e. The van der Waals surface area contributed by atoms with Gasteiger partial charge in [0.05, 0.1) is 16.3 Å². The van der Waals surface area contributed by atoms with Gasteiger partial charge in [-0.3, -0.25) is 20.1 Å². The zero-order valence-corrected chi connectivity index (χ0v) is 20.9. The van der Waals surface area contributed by atoms with Crippen LogP contribution in [0.4, 0.5) is 17.1 Å². The van der Waals surface area contributed by atoms with Crippen molar-refractivity contribution in [2.75, 3.05) is 0 Å². The number of non-ortho nitro benzene ring substituents is 1. The second kappa shape index (κ2) is 9.70.